The summed E-state index contributed by atoms with van der Waals surface area (Å²) < 4.78 is 5.23. The Morgan fingerprint density at radius 3 is 2.79 bits per heavy atom. The Balaban J connectivity index is 1.87. The van der Waals surface area contributed by atoms with Crippen molar-refractivity contribution in [1.82, 2.24) is 5.32 Å². The van der Waals surface area contributed by atoms with Crippen LogP contribution in [0.5, 0.6) is 0 Å². The molecule has 1 N–H and O–H groups in total. The Morgan fingerprint density at radius 1 is 1.33 bits per heavy atom. The molecule has 0 aromatic heterocycles. The molecule has 1 aromatic carbocycles. The van der Waals surface area contributed by atoms with Gasteiger partial charge in [0.25, 0.3) is 0 Å². The van der Waals surface area contributed by atoms with Crippen molar-refractivity contribution in [2.75, 3.05) is 24.6 Å². The highest BCUT2D eigenvalue weighted by Gasteiger charge is 2.36. The van der Waals surface area contributed by atoms with E-state index in [-0.39, 0.29) is 30.8 Å². The minimum Gasteiger partial charge on any atom is -0.465 e. The van der Waals surface area contributed by atoms with Gasteiger partial charge in [0.05, 0.1) is 12.5 Å². The van der Waals surface area contributed by atoms with Crippen LogP contribution in [0.1, 0.15) is 32.3 Å². The highest BCUT2D eigenvalue weighted by atomic mass is 16.5. The smallest absolute Gasteiger partial charge is 0.311 e. The second kappa shape index (κ2) is 8.47. The van der Waals surface area contributed by atoms with E-state index in [1.807, 2.05) is 31.2 Å². The van der Waals surface area contributed by atoms with Crippen LogP contribution in [0.15, 0.2) is 24.3 Å². The predicted octanol–water partition coefficient (Wildman–Crippen LogP) is 1.67. The van der Waals surface area contributed by atoms with E-state index >= 15 is 0 Å². The van der Waals surface area contributed by atoms with E-state index in [0.717, 1.165) is 17.7 Å². The van der Waals surface area contributed by atoms with Gasteiger partial charge in [-0.3, -0.25) is 14.4 Å². The normalized spacial score (nSPS) is 17.0. The summed E-state index contributed by atoms with van der Waals surface area (Å²) in [6.45, 7) is 4.57. The number of amides is 2. The van der Waals surface area contributed by atoms with Gasteiger partial charge in [0.15, 0.2) is 0 Å². The Hall–Kier alpha value is -2.37. The zero-order valence-electron chi connectivity index (χ0n) is 14.2. The maximum atomic E-state index is 12.3. The van der Waals surface area contributed by atoms with Crippen LogP contribution in [0.4, 0.5) is 5.69 Å². The minimum absolute atomic E-state index is 0.0453. The summed E-state index contributed by atoms with van der Waals surface area (Å²) in [5.41, 5.74) is 1.97. The zero-order valence-corrected chi connectivity index (χ0v) is 14.2. The Kier molecular flexibility index (Phi) is 6.35. The number of anilines is 1. The lowest BCUT2D eigenvalue weighted by Crippen LogP contribution is -2.27. The number of para-hydroxylation sites is 1. The molecule has 0 spiro atoms. The van der Waals surface area contributed by atoms with Crippen LogP contribution in [0.2, 0.25) is 0 Å². The highest BCUT2D eigenvalue weighted by Crippen LogP contribution is 2.29. The first-order valence-corrected chi connectivity index (χ1v) is 8.32. The van der Waals surface area contributed by atoms with Gasteiger partial charge in [-0.15, -0.1) is 0 Å². The lowest BCUT2D eigenvalue weighted by Gasteiger charge is -2.19. The molecular formula is C18H24N2O4. The summed E-state index contributed by atoms with van der Waals surface area (Å²) in [6.07, 6.45) is 1.58. The number of hydrogen-bond acceptors (Lipinski definition) is 4. The molecule has 130 valence electrons. The fraction of sp³-hybridized carbons (Fsp3) is 0.500. The maximum Gasteiger partial charge on any atom is 0.311 e. The number of esters is 1. The second-order valence-electron chi connectivity index (χ2n) is 5.89. The van der Waals surface area contributed by atoms with Crippen molar-refractivity contribution >= 4 is 23.5 Å². The van der Waals surface area contributed by atoms with Gasteiger partial charge in [0.2, 0.25) is 11.8 Å². The Bertz CT molecular complexity index is 615. The van der Waals surface area contributed by atoms with E-state index in [1.54, 1.807) is 4.90 Å². The molecule has 0 radical (unpaired) electrons. The van der Waals surface area contributed by atoms with Gasteiger partial charge in [0.1, 0.15) is 0 Å². The van der Waals surface area contributed by atoms with Crippen LogP contribution in [0, 0.1) is 5.92 Å². The number of ether oxygens (including phenoxy) is 1. The molecule has 1 atom stereocenters. The third-order valence-corrected chi connectivity index (χ3v) is 4.06. The third kappa shape index (κ3) is 4.57. The van der Waals surface area contributed by atoms with Crippen molar-refractivity contribution in [3.8, 4) is 0 Å². The van der Waals surface area contributed by atoms with Gasteiger partial charge >= 0.3 is 5.97 Å². The number of carbonyl (C=O) groups excluding carboxylic acids is 3. The molecule has 0 aliphatic carbocycles. The lowest BCUT2D eigenvalue weighted by atomic mass is 10.1. The number of benzene rings is 1. The van der Waals surface area contributed by atoms with E-state index in [2.05, 4.69) is 5.32 Å². The monoisotopic (exact) mass is 332 g/mol. The van der Waals surface area contributed by atoms with E-state index in [0.29, 0.717) is 19.5 Å². The van der Waals surface area contributed by atoms with Gasteiger partial charge < -0.3 is 15.0 Å². The summed E-state index contributed by atoms with van der Waals surface area (Å²) in [6, 6.07) is 7.76. The summed E-state index contributed by atoms with van der Waals surface area (Å²) in [5.74, 6) is -0.921. The maximum absolute atomic E-state index is 12.3. The van der Waals surface area contributed by atoms with Crippen molar-refractivity contribution in [3.05, 3.63) is 29.8 Å². The fourth-order valence-electron chi connectivity index (χ4n) is 2.80. The first-order valence-electron chi connectivity index (χ1n) is 8.32. The molecule has 0 bridgehead atoms. The molecule has 6 heteroatoms. The number of nitrogens with one attached hydrogen (secondary N) is 1. The molecule has 2 amide bonds. The van der Waals surface area contributed by atoms with E-state index in [9.17, 15) is 14.4 Å². The summed E-state index contributed by atoms with van der Waals surface area (Å²) in [5, 5.41) is 2.64. The van der Waals surface area contributed by atoms with Gasteiger partial charge in [-0.05, 0) is 24.5 Å². The SMILES string of the molecule is CCc1ccccc1N1CC(C(=O)OCCCNC(C)=O)CC1=O. The van der Waals surface area contributed by atoms with Crippen LogP contribution in [-0.4, -0.2) is 37.5 Å². The molecule has 1 saturated heterocycles. The first-order chi connectivity index (χ1) is 11.5. The highest BCUT2D eigenvalue weighted by molar-refractivity contribution is 6.00. The molecule has 24 heavy (non-hydrogen) atoms. The largest absolute Gasteiger partial charge is 0.465 e. The van der Waals surface area contributed by atoms with Gasteiger partial charge in [0, 0.05) is 32.1 Å². The molecule has 1 fully saturated rings. The molecule has 6 nitrogen and oxygen atoms in total. The lowest BCUT2D eigenvalue weighted by molar-refractivity contribution is -0.148. The van der Waals surface area contributed by atoms with E-state index < -0.39 is 5.92 Å². The fourth-order valence-corrected chi connectivity index (χ4v) is 2.80. The summed E-state index contributed by atoms with van der Waals surface area (Å²) in [4.78, 5) is 36.8. The average molecular weight is 332 g/mol. The average Bonchev–Trinajstić information content (AvgIpc) is 2.95. The second-order valence-corrected chi connectivity index (χ2v) is 5.89. The van der Waals surface area contributed by atoms with Crippen LogP contribution >= 0.6 is 0 Å². The number of nitrogens with zero attached hydrogens (tertiary/aromatic N) is 1. The quantitative estimate of drug-likeness (QED) is 0.609. The third-order valence-electron chi connectivity index (χ3n) is 4.06. The molecule has 1 heterocycles. The summed E-state index contributed by atoms with van der Waals surface area (Å²) >= 11 is 0. The number of rotatable bonds is 7. The molecular weight excluding hydrogens is 308 g/mol. The van der Waals surface area contributed by atoms with Crippen molar-refractivity contribution in [2.45, 2.75) is 33.1 Å². The van der Waals surface area contributed by atoms with Crippen molar-refractivity contribution in [2.24, 2.45) is 5.92 Å². The topological polar surface area (TPSA) is 75.7 Å². The molecule has 0 saturated carbocycles. The summed E-state index contributed by atoms with van der Waals surface area (Å²) in [7, 11) is 0. The van der Waals surface area contributed by atoms with E-state index in [4.69, 9.17) is 4.74 Å². The standard InChI is InChI=1S/C18H24N2O4/c1-3-14-7-4-5-8-16(14)20-12-15(11-17(20)22)18(23)24-10-6-9-19-13(2)21/h4-5,7-8,15H,3,6,9-12H2,1-2H3,(H,19,21). The Morgan fingerprint density at radius 2 is 2.08 bits per heavy atom. The van der Waals surface area contributed by atoms with Crippen LogP contribution in [0.25, 0.3) is 0 Å². The number of carbonyl (C=O) groups is 3. The van der Waals surface area contributed by atoms with Crippen molar-refractivity contribution in [1.29, 1.82) is 0 Å². The van der Waals surface area contributed by atoms with Gasteiger partial charge in [-0.2, -0.15) is 0 Å². The van der Waals surface area contributed by atoms with Gasteiger partial charge in [-0.25, -0.2) is 0 Å². The molecule has 1 aromatic rings. The Labute approximate surface area is 142 Å². The number of aryl methyl sites for hydroxylation is 1. The minimum atomic E-state index is -0.428. The molecule has 2 rings (SSSR count). The van der Waals surface area contributed by atoms with Crippen molar-refractivity contribution in [3.63, 3.8) is 0 Å². The van der Waals surface area contributed by atoms with E-state index in [1.165, 1.54) is 6.92 Å². The van der Waals surface area contributed by atoms with Crippen LogP contribution in [-0.2, 0) is 25.5 Å². The molecule has 1 aliphatic heterocycles. The van der Waals surface area contributed by atoms with Gasteiger partial charge in [-0.1, -0.05) is 25.1 Å². The van der Waals surface area contributed by atoms with Crippen LogP contribution < -0.4 is 10.2 Å². The predicted molar refractivity (Wildman–Crippen MR) is 90.5 cm³/mol. The first kappa shape index (κ1) is 18.0. The van der Waals surface area contributed by atoms with Crippen LogP contribution in [0.3, 0.4) is 0 Å². The number of hydrogen-bond donors (Lipinski definition) is 1. The van der Waals surface area contributed by atoms with Crippen molar-refractivity contribution < 1.29 is 19.1 Å². The molecule has 1 unspecified atom stereocenters. The zero-order chi connectivity index (χ0) is 17.5. The molecule has 1 aliphatic rings.